The Morgan fingerprint density at radius 2 is 1.33 bits per heavy atom. The van der Waals surface area contributed by atoms with Crippen LogP contribution in [0, 0.1) is 0 Å². The van der Waals surface area contributed by atoms with E-state index in [2.05, 4.69) is 13.2 Å². The molecule has 0 aliphatic rings. The van der Waals surface area contributed by atoms with Crippen LogP contribution >= 0.6 is 0 Å². The monoisotopic (exact) mass is 238 g/mol. The summed E-state index contributed by atoms with van der Waals surface area (Å²) in [6, 6.07) is 10.1. The summed E-state index contributed by atoms with van der Waals surface area (Å²) in [5.41, 5.74) is 3.48. The van der Waals surface area contributed by atoms with Crippen molar-refractivity contribution in [2.24, 2.45) is 0 Å². The molecule has 2 N–H and O–H groups in total. The lowest BCUT2D eigenvalue weighted by molar-refractivity contribution is 0.475. The average Bonchev–Trinajstić information content (AvgIpc) is 2.38. The van der Waals surface area contributed by atoms with Crippen molar-refractivity contribution in [3.05, 3.63) is 60.7 Å². The van der Waals surface area contributed by atoms with E-state index < -0.39 is 0 Å². The van der Waals surface area contributed by atoms with Gasteiger partial charge in [-0.2, -0.15) is 0 Å². The van der Waals surface area contributed by atoms with Crippen LogP contribution in [0.2, 0.25) is 0 Å². The second-order valence-electron chi connectivity index (χ2n) is 3.95. The summed E-state index contributed by atoms with van der Waals surface area (Å²) in [7, 11) is 0. The molecule has 0 radical (unpaired) electrons. The molecule has 2 rings (SSSR count). The van der Waals surface area contributed by atoms with Crippen molar-refractivity contribution in [2.75, 3.05) is 0 Å². The van der Waals surface area contributed by atoms with Gasteiger partial charge in [-0.15, -0.1) is 0 Å². The zero-order valence-electron chi connectivity index (χ0n) is 9.93. The van der Waals surface area contributed by atoms with Gasteiger partial charge >= 0.3 is 0 Å². The first kappa shape index (κ1) is 12.0. The summed E-state index contributed by atoms with van der Waals surface area (Å²) in [5, 5.41) is 19.1. The van der Waals surface area contributed by atoms with Gasteiger partial charge in [0.15, 0.2) is 0 Å². The molecule has 0 bridgehead atoms. The van der Waals surface area contributed by atoms with Crippen LogP contribution in [-0.4, -0.2) is 10.2 Å². The fraction of sp³-hybridized carbons (Fsp3) is 0. The van der Waals surface area contributed by atoms with Crippen LogP contribution in [0.15, 0.2) is 49.6 Å². The number of hydrogen-bond acceptors (Lipinski definition) is 2. The predicted octanol–water partition coefficient (Wildman–Crippen LogP) is 4.05. The molecular formula is C16H14O2. The Kier molecular flexibility index (Phi) is 3.20. The highest BCUT2D eigenvalue weighted by molar-refractivity contribution is 5.82. The Hall–Kier alpha value is -2.48. The van der Waals surface area contributed by atoms with Gasteiger partial charge in [-0.3, -0.25) is 0 Å². The summed E-state index contributed by atoms with van der Waals surface area (Å²) in [5.74, 6) is 0.382. The Morgan fingerprint density at radius 3 is 2.00 bits per heavy atom. The highest BCUT2D eigenvalue weighted by Crippen LogP contribution is 2.33. The van der Waals surface area contributed by atoms with Gasteiger partial charge in [0.25, 0.3) is 0 Å². The van der Waals surface area contributed by atoms with E-state index in [0.717, 1.165) is 22.3 Å². The zero-order chi connectivity index (χ0) is 13.1. The minimum atomic E-state index is 0.189. The van der Waals surface area contributed by atoms with Crippen molar-refractivity contribution in [3.63, 3.8) is 0 Å². The third kappa shape index (κ3) is 2.13. The van der Waals surface area contributed by atoms with Crippen LogP contribution in [0.3, 0.4) is 0 Å². The van der Waals surface area contributed by atoms with Crippen LogP contribution in [0.4, 0.5) is 0 Å². The maximum Gasteiger partial charge on any atom is 0.116 e. The molecule has 0 saturated carbocycles. The predicted molar refractivity (Wildman–Crippen MR) is 75.4 cm³/mol. The van der Waals surface area contributed by atoms with Gasteiger partial charge < -0.3 is 10.2 Å². The van der Waals surface area contributed by atoms with E-state index in [4.69, 9.17) is 0 Å². The molecule has 2 nitrogen and oxygen atoms in total. The van der Waals surface area contributed by atoms with Gasteiger partial charge in [-0.1, -0.05) is 37.4 Å². The van der Waals surface area contributed by atoms with E-state index in [0.29, 0.717) is 0 Å². The second-order valence-corrected chi connectivity index (χ2v) is 3.95. The lowest BCUT2D eigenvalue weighted by Gasteiger charge is -2.11. The minimum absolute atomic E-state index is 0.189. The van der Waals surface area contributed by atoms with Crippen molar-refractivity contribution in [3.8, 4) is 22.6 Å². The molecule has 90 valence electrons. The molecule has 0 aliphatic heterocycles. The number of phenolic OH excluding ortho intramolecular Hbond substituents is 2. The first-order chi connectivity index (χ1) is 8.65. The highest BCUT2D eigenvalue weighted by Gasteiger charge is 2.08. The molecule has 0 aliphatic carbocycles. The SMILES string of the molecule is C=Cc1cc(O)ccc1-c1cc(O)ccc1C=C. The van der Waals surface area contributed by atoms with E-state index in [1.54, 1.807) is 48.6 Å². The standard InChI is InChI=1S/C16H14O2/c1-3-11-5-6-14(18)10-16(11)15-8-7-13(17)9-12(15)4-2/h3-10,17-18H,1-2H2. The number of hydrogen-bond donors (Lipinski definition) is 2. The summed E-state index contributed by atoms with van der Waals surface area (Å²) in [6.45, 7) is 7.50. The van der Waals surface area contributed by atoms with Crippen molar-refractivity contribution >= 4 is 12.2 Å². The average molecular weight is 238 g/mol. The van der Waals surface area contributed by atoms with Gasteiger partial charge in [0.2, 0.25) is 0 Å². The topological polar surface area (TPSA) is 40.5 Å². The Labute approximate surface area is 106 Å². The molecule has 0 fully saturated rings. The number of benzene rings is 2. The first-order valence-electron chi connectivity index (χ1n) is 5.57. The van der Waals surface area contributed by atoms with E-state index in [9.17, 15) is 10.2 Å². The molecule has 18 heavy (non-hydrogen) atoms. The zero-order valence-corrected chi connectivity index (χ0v) is 9.93. The Morgan fingerprint density at radius 1 is 0.722 bits per heavy atom. The minimum Gasteiger partial charge on any atom is -0.508 e. The summed E-state index contributed by atoms with van der Waals surface area (Å²) < 4.78 is 0. The lowest BCUT2D eigenvalue weighted by Crippen LogP contribution is -1.87. The van der Waals surface area contributed by atoms with Crippen molar-refractivity contribution in [2.45, 2.75) is 0 Å². The molecule has 2 aromatic rings. The fourth-order valence-electron chi connectivity index (χ4n) is 1.92. The number of phenols is 2. The molecule has 0 heterocycles. The quantitative estimate of drug-likeness (QED) is 0.846. The van der Waals surface area contributed by atoms with E-state index in [1.165, 1.54) is 0 Å². The third-order valence-corrected chi connectivity index (χ3v) is 2.80. The van der Waals surface area contributed by atoms with Gasteiger partial charge in [-0.05, 0) is 46.5 Å². The molecule has 0 amide bonds. The molecule has 0 aromatic heterocycles. The number of rotatable bonds is 3. The van der Waals surface area contributed by atoms with Gasteiger partial charge in [0.05, 0.1) is 0 Å². The molecule has 0 unspecified atom stereocenters. The van der Waals surface area contributed by atoms with Crippen molar-refractivity contribution < 1.29 is 10.2 Å². The largest absolute Gasteiger partial charge is 0.508 e. The molecule has 2 aromatic carbocycles. The van der Waals surface area contributed by atoms with E-state index in [-0.39, 0.29) is 11.5 Å². The maximum atomic E-state index is 9.60. The van der Waals surface area contributed by atoms with E-state index in [1.807, 2.05) is 0 Å². The van der Waals surface area contributed by atoms with Crippen LogP contribution in [0.25, 0.3) is 23.3 Å². The van der Waals surface area contributed by atoms with Crippen LogP contribution in [0.1, 0.15) is 11.1 Å². The van der Waals surface area contributed by atoms with Gasteiger partial charge in [0.1, 0.15) is 11.5 Å². The summed E-state index contributed by atoms with van der Waals surface area (Å²) in [4.78, 5) is 0. The fourth-order valence-corrected chi connectivity index (χ4v) is 1.92. The first-order valence-corrected chi connectivity index (χ1v) is 5.57. The normalized spacial score (nSPS) is 10.0. The molecular weight excluding hydrogens is 224 g/mol. The molecule has 0 spiro atoms. The Bertz CT molecular complexity index is 612. The van der Waals surface area contributed by atoms with Crippen molar-refractivity contribution in [1.29, 1.82) is 0 Å². The summed E-state index contributed by atoms with van der Waals surface area (Å²) >= 11 is 0. The molecule has 0 saturated heterocycles. The molecule has 0 atom stereocenters. The van der Waals surface area contributed by atoms with Gasteiger partial charge in [0, 0.05) is 0 Å². The van der Waals surface area contributed by atoms with Crippen LogP contribution in [0.5, 0.6) is 11.5 Å². The second kappa shape index (κ2) is 4.80. The Balaban J connectivity index is 2.71. The molecule has 2 heteroatoms. The summed E-state index contributed by atoms with van der Waals surface area (Å²) in [6.07, 6.45) is 3.40. The highest BCUT2D eigenvalue weighted by atomic mass is 16.3. The van der Waals surface area contributed by atoms with Crippen LogP contribution < -0.4 is 0 Å². The maximum absolute atomic E-state index is 9.60. The smallest absolute Gasteiger partial charge is 0.116 e. The van der Waals surface area contributed by atoms with Gasteiger partial charge in [-0.25, -0.2) is 0 Å². The third-order valence-electron chi connectivity index (χ3n) is 2.80. The number of aromatic hydroxyl groups is 2. The van der Waals surface area contributed by atoms with Crippen molar-refractivity contribution in [1.82, 2.24) is 0 Å². The lowest BCUT2D eigenvalue weighted by atomic mass is 9.95. The van der Waals surface area contributed by atoms with Crippen LogP contribution in [-0.2, 0) is 0 Å². The van der Waals surface area contributed by atoms with E-state index >= 15 is 0 Å².